The van der Waals surface area contributed by atoms with E-state index in [1.54, 1.807) is 34.1 Å². The molecular weight excluding hydrogens is 1480 g/mol. The van der Waals surface area contributed by atoms with Gasteiger partial charge in [0.15, 0.2) is 29.9 Å². The summed E-state index contributed by atoms with van der Waals surface area (Å²) in [6, 6.07) is 23.3. The van der Waals surface area contributed by atoms with E-state index in [2.05, 4.69) is 52.0 Å². The molecule has 8 saturated carbocycles. The molecule has 14 aliphatic rings. The maximum atomic E-state index is 13.3. The molecule has 18 rings (SSSR count). The number of esters is 5. The summed E-state index contributed by atoms with van der Waals surface area (Å²) in [4.78, 5) is 95.6. The number of ether oxygens (including phenoxy) is 9. The summed E-state index contributed by atoms with van der Waals surface area (Å²) in [6.45, 7) is 18.0. The van der Waals surface area contributed by atoms with E-state index in [0.717, 1.165) is 182 Å². The molecule has 4 aromatic carbocycles. The second kappa shape index (κ2) is 35.8. The van der Waals surface area contributed by atoms with Crippen LogP contribution in [0.25, 0.3) is 0 Å². The van der Waals surface area contributed by atoms with Crippen LogP contribution in [0, 0.1) is 69.0 Å². The van der Waals surface area contributed by atoms with Crippen molar-refractivity contribution < 1.29 is 143 Å². The van der Waals surface area contributed by atoms with Gasteiger partial charge in [0.05, 0.1) is 20.1 Å². The van der Waals surface area contributed by atoms with Gasteiger partial charge >= 0.3 is 81.2 Å². The fraction of sp³-hybridized carbons (Fsp3) is 0.652. The monoisotopic (exact) mass is 1600 g/mol. The van der Waals surface area contributed by atoms with Gasteiger partial charge in [0, 0.05) is 94.4 Å². The van der Waals surface area contributed by atoms with Crippen molar-refractivity contribution in [1.82, 2.24) is 0 Å². The minimum absolute atomic E-state index is 0. The first-order chi connectivity index (χ1) is 53.7. The van der Waals surface area contributed by atoms with Crippen LogP contribution in [-0.4, -0.2) is 109 Å². The Morgan fingerprint density at radius 1 is 0.416 bits per heavy atom. The number of hydrogen-bond acceptors (Lipinski definition) is 19. The SMILES string of the molecule is CC(=O)Oc1ccc2c(c1)C(=O)CC1C2CC[C@@]2(C)C1CC[C@@H]2O.CC(=O)Oc1ccc2c(c1)C(=O)CC1C2CC[C@@]2(C)C1CC[C@@H]2OC(C)=O.CC(=O)Oc1ccc2c(c1)CCC1C2CC[C@@]2(C)C1CC[C@@H]2OC(C)=O.C[C@]12CCC3c4ccc(OC5CCCCO5)cc4C(=O)CC3C1CC[C@@H]2OC1CCCCO1.[2H]P.[K+].[OH-]. The van der Waals surface area contributed by atoms with Crippen molar-refractivity contribution in [2.45, 2.75) is 296 Å². The Morgan fingerprint density at radius 3 is 1.21 bits per heavy atom. The average Bonchev–Trinajstić information content (AvgIpc) is 1.56. The number of carbonyl (C=O) groups is 8. The van der Waals surface area contributed by atoms with E-state index in [4.69, 9.17) is 43.9 Å². The van der Waals surface area contributed by atoms with Gasteiger partial charge in [-0.15, -0.1) is 0 Å². The van der Waals surface area contributed by atoms with Crippen molar-refractivity contribution in [2.75, 3.05) is 13.2 Å². The minimum atomic E-state index is -0.382. The van der Waals surface area contributed by atoms with Gasteiger partial charge < -0.3 is 53.2 Å². The Balaban J connectivity index is 0.000000140. The zero-order chi connectivity index (χ0) is 79.3. The summed E-state index contributed by atoms with van der Waals surface area (Å²) in [5.41, 5.74) is 8.73. The van der Waals surface area contributed by atoms with E-state index in [0.29, 0.717) is 113 Å². The van der Waals surface area contributed by atoms with Crippen LogP contribution in [0.2, 0.25) is 0 Å². The third-order valence-electron chi connectivity index (χ3n) is 30.4. The molecule has 2 aliphatic heterocycles. The van der Waals surface area contributed by atoms with Gasteiger partial charge in [0.1, 0.15) is 35.2 Å². The molecule has 12 aliphatic carbocycles. The molecule has 15 unspecified atom stereocenters. The topological polar surface area (TPSA) is 270 Å². The number of aliphatic hydroxyl groups excluding tert-OH is 1. The summed E-state index contributed by atoms with van der Waals surface area (Å²) in [5, 5.41) is 10.4. The molecule has 2 N–H and O–H groups in total. The van der Waals surface area contributed by atoms with Crippen LogP contribution in [0.1, 0.15) is 312 Å². The van der Waals surface area contributed by atoms with E-state index < -0.39 is 0 Å². The number of fused-ring (bicyclic) bond motifs is 20. The Morgan fingerprint density at radius 2 is 0.779 bits per heavy atom. The van der Waals surface area contributed by atoms with E-state index in [-0.39, 0.29) is 163 Å². The largest absolute Gasteiger partial charge is 1.00 e. The Kier molecular flexibility index (Phi) is 27.2. The van der Waals surface area contributed by atoms with Crippen LogP contribution in [0.3, 0.4) is 0 Å². The molecule has 10 fully saturated rings. The zero-order valence-corrected chi connectivity index (χ0v) is 72.5. The molecule has 0 spiro atoms. The van der Waals surface area contributed by atoms with Gasteiger partial charge in [-0.3, -0.25) is 38.4 Å². The first-order valence-corrected chi connectivity index (χ1v) is 42.0. The molecule has 113 heavy (non-hydrogen) atoms. The fourth-order valence-electron chi connectivity index (χ4n) is 25.3. The van der Waals surface area contributed by atoms with Gasteiger partial charge in [-0.2, -0.15) is 9.84 Å². The third kappa shape index (κ3) is 17.4. The molecule has 0 amide bonds. The van der Waals surface area contributed by atoms with E-state index in [1.165, 1.54) is 64.2 Å². The second-order valence-corrected chi connectivity index (χ2v) is 36.4. The molecule has 2 saturated heterocycles. The Hall–Kier alpha value is -5.09. The van der Waals surface area contributed by atoms with Crippen molar-refractivity contribution >= 4 is 57.0 Å². The van der Waals surface area contributed by atoms with Gasteiger partial charge in [0.2, 0.25) is 0 Å². The van der Waals surface area contributed by atoms with Crippen molar-refractivity contribution in [3.05, 3.63) is 117 Å². The van der Waals surface area contributed by atoms with Gasteiger partial charge in [-0.05, 0) is 306 Å². The summed E-state index contributed by atoms with van der Waals surface area (Å²) in [7, 11) is 1.67. The molecule has 23 atom stereocenters. The standard InChI is InChI=1S/C28H38O5.C22H26O5.C22H28O4.C20H24O4.K.H2O.H3P/c1-28-13-12-20-19-9-8-18(32-26-6-2-4-14-30-26)16-22(19)24(29)17-21(20)23(28)10-11-25(28)33-27-7-3-5-15-31-27;1-12(23)26-14-4-5-15-16-8-9-22(3)19(6-7-21(22)27-13(2)24)17(16)11-20(25)18(15)10-14;1-13(23)25-16-5-7-17-15(12-16)4-6-19-18(17)10-11-22(3)20(19)8-9-21(22)26-14(2)24;1-11(21)24-12-3-4-13-14-7-8-20(2)17(5-6-19(20)23)15(14)10-18(22)16(13)9-12;;;/h8-9,16,20-21,23,25-27H,2-7,10-15,17H2,1H3;4-5,10,16-17,19,21H,6-9,11H2,1-3H3;5,7,12,18-21H,4,6,8-11H2,1-3H3;3-4,9,14-15,17,19,23H,5-8,10H2,1-2H3;;1H2;1H3/q;;;;+1;;/p-1/t20?,21?,23?,25-,26?,27?,28-;16?,17?,19?,21-,22-;18?,19?,20?,21-,22-;14?,15?,17?,19-,20-;;;/m0000.../s1/i;;;;;;1D. The van der Waals surface area contributed by atoms with Crippen molar-refractivity contribution in [3.8, 4) is 23.0 Å². The van der Waals surface area contributed by atoms with Crippen LogP contribution in [0.15, 0.2) is 72.8 Å². The number of benzene rings is 4. The molecule has 21 heteroatoms. The zero-order valence-electron chi connectivity index (χ0n) is 69.2. The molecular formula is C92H120KO19P. The molecule has 19 nitrogen and oxygen atoms in total. The predicted octanol–water partition coefficient (Wildman–Crippen LogP) is 14.8. The first kappa shape index (κ1) is 85.8. The van der Waals surface area contributed by atoms with Crippen molar-refractivity contribution in [1.29, 1.82) is 1.28 Å². The molecule has 2 heterocycles. The number of Topliss-reactive ketones (excluding diaryl/α,β-unsaturated/α-hetero) is 3. The quantitative estimate of drug-likeness (QED) is 0.0706. The summed E-state index contributed by atoms with van der Waals surface area (Å²) in [6.07, 6.45) is 27.1. The average molecular weight is 1600 g/mol. The van der Waals surface area contributed by atoms with Crippen LogP contribution in [0.4, 0.5) is 0 Å². The van der Waals surface area contributed by atoms with E-state index >= 15 is 0 Å². The molecule has 0 bridgehead atoms. The molecule has 4 aromatic rings. The van der Waals surface area contributed by atoms with Crippen LogP contribution < -0.4 is 70.3 Å². The number of carbonyl (C=O) groups excluding carboxylic acids is 8. The third-order valence-corrected chi connectivity index (χ3v) is 30.4. The van der Waals surface area contributed by atoms with E-state index in [9.17, 15) is 43.5 Å². The van der Waals surface area contributed by atoms with Crippen molar-refractivity contribution in [3.63, 3.8) is 0 Å². The summed E-state index contributed by atoms with van der Waals surface area (Å²) < 4.78 is 56.8. The summed E-state index contributed by atoms with van der Waals surface area (Å²) >= 11 is 0. The molecule has 0 aromatic heterocycles. The smallest absolute Gasteiger partial charge is 0.870 e. The molecule has 0 radical (unpaired) electrons. The number of rotatable bonds is 9. The molecule has 608 valence electrons. The summed E-state index contributed by atoms with van der Waals surface area (Å²) in [5.74, 6) is 6.99. The van der Waals surface area contributed by atoms with Crippen LogP contribution >= 0.6 is 9.84 Å². The minimum Gasteiger partial charge on any atom is -0.870 e. The first-order valence-electron chi connectivity index (χ1n) is 42.5. The second-order valence-electron chi connectivity index (χ2n) is 36.4. The van der Waals surface area contributed by atoms with Gasteiger partial charge in [-0.1, -0.05) is 52.0 Å². The Bertz CT molecular complexity index is 4210. The van der Waals surface area contributed by atoms with Crippen LogP contribution in [-0.2, 0) is 54.1 Å². The fourth-order valence-corrected chi connectivity index (χ4v) is 25.3. The number of aliphatic hydroxyl groups is 1. The Labute approximate surface area is 714 Å². The normalized spacial score (nSPS) is 36.1. The number of aryl methyl sites for hydroxylation is 1. The predicted molar refractivity (Wildman–Crippen MR) is 423 cm³/mol. The number of hydrogen-bond donors (Lipinski definition) is 1. The number of ketones is 3. The van der Waals surface area contributed by atoms with Gasteiger partial charge in [-0.25, -0.2) is 0 Å². The van der Waals surface area contributed by atoms with Crippen molar-refractivity contribution in [2.24, 2.45) is 69.0 Å². The maximum absolute atomic E-state index is 13.3. The van der Waals surface area contributed by atoms with E-state index in [1.807, 2.05) is 24.3 Å². The maximum Gasteiger partial charge on any atom is 1.00 e. The van der Waals surface area contributed by atoms with Gasteiger partial charge in [0.25, 0.3) is 0 Å². The van der Waals surface area contributed by atoms with Crippen LogP contribution in [0.5, 0.6) is 23.0 Å².